The van der Waals surface area contributed by atoms with Gasteiger partial charge < -0.3 is 18.9 Å². The van der Waals surface area contributed by atoms with Gasteiger partial charge in [-0.2, -0.15) is 0 Å². The summed E-state index contributed by atoms with van der Waals surface area (Å²) in [4.78, 5) is 12.1. The van der Waals surface area contributed by atoms with E-state index in [0.29, 0.717) is 19.6 Å². The first-order valence-corrected chi connectivity index (χ1v) is 7.97. The SMILES string of the molecule is COc1ccc(CO[C@H]2C=C[C@H]3OC2C[C@@]32CCOC2=O)cc1. The summed E-state index contributed by atoms with van der Waals surface area (Å²) in [5.74, 6) is 0.709. The average Bonchev–Trinajstić information content (AvgIpc) is 3.09. The highest BCUT2D eigenvalue weighted by Gasteiger charge is 2.59. The van der Waals surface area contributed by atoms with Crippen molar-refractivity contribution < 1.29 is 23.7 Å². The van der Waals surface area contributed by atoms with Gasteiger partial charge >= 0.3 is 5.97 Å². The maximum absolute atomic E-state index is 12.1. The largest absolute Gasteiger partial charge is 0.497 e. The third kappa shape index (κ3) is 2.44. The lowest BCUT2D eigenvalue weighted by Gasteiger charge is -2.25. The molecule has 2 bridgehead atoms. The molecule has 0 radical (unpaired) electrons. The van der Waals surface area contributed by atoms with E-state index in [1.54, 1.807) is 7.11 Å². The third-order valence-corrected chi connectivity index (χ3v) is 5.06. The van der Waals surface area contributed by atoms with Gasteiger partial charge in [-0.3, -0.25) is 4.79 Å². The maximum atomic E-state index is 12.1. The zero-order valence-corrected chi connectivity index (χ0v) is 13.1. The van der Waals surface area contributed by atoms with Crippen LogP contribution in [-0.2, 0) is 25.6 Å². The Bertz CT molecular complexity index is 623. The van der Waals surface area contributed by atoms with E-state index in [-0.39, 0.29) is 24.3 Å². The second-order valence-electron chi connectivity index (χ2n) is 6.35. The van der Waals surface area contributed by atoms with Gasteiger partial charge in [-0.1, -0.05) is 24.3 Å². The molecule has 3 aliphatic rings. The molecule has 122 valence electrons. The number of rotatable bonds is 4. The molecule has 0 aromatic heterocycles. The van der Waals surface area contributed by atoms with Crippen molar-refractivity contribution >= 4 is 5.97 Å². The van der Waals surface area contributed by atoms with Gasteiger partial charge in [0.1, 0.15) is 17.3 Å². The van der Waals surface area contributed by atoms with Gasteiger partial charge in [-0.25, -0.2) is 0 Å². The number of fused-ring (bicyclic) bond motifs is 3. The van der Waals surface area contributed by atoms with Gasteiger partial charge in [0, 0.05) is 6.42 Å². The Labute approximate surface area is 135 Å². The van der Waals surface area contributed by atoms with Crippen LogP contribution in [0.4, 0.5) is 0 Å². The molecule has 0 aliphatic carbocycles. The molecular formula is C18H20O5. The lowest BCUT2D eigenvalue weighted by molar-refractivity contribution is -0.147. The average molecular weight is 316 g/mol. The van der Waals surface area contributed by atoms with Crippen LogP contribution in [0.5, 0.6) is 5.75 Å². The minimum atomic E-state index is -0.487. The van der Waals surface area contributed by atoms with Crippen molar-refractivity contribution in [1.29, 1.82) is 0 Å². The Morgan fingerprint density at radius 1 is 1.26 bits per heavy atom. The molecule has 3 heterocycles. The first-order chi connectivity index (χ1) is 11.2. The summed E-state index contributed by atoms with van der Waals surface area (Å²) in [6.07, 6.45) is 5.05. The Morgan fingerprint density at radius 2 is 2.09 bits per heavy atom. The molecule has 0 N–H and O–H groups in total. The number of carbonyl (C=O) groups is 1. The van der Waals surface area contributed by atoms with Crippen LogP contribution in [0, 0.1) is 5.41 Å². The normalized spacial score (nSPS) is 34.8. The van der Waals surface area contributed by atoms with E-state index in [2.05, 4.69) is 0 Å². The maximum Gasteiger partial charge on any atom is 0.315 e. The molecule has 0 saturated carbocycles. The Kier molecular flexibility index (Phi) is 3.62. The molecule has 3 aliphatic heterocycles. The van der Waals surface area contributed by atoms with Gasteiger partial charge in [-0.15, -0.1) is 0 Å². The van der Waals surface area contributed by atoms with E-state index < -0.39 is 5.41 Å². The fourth-order valence-corrected chi connectivity index (χ4v) is 3.69. The minimum absolute atomic E-state index is 0.0751. The Morgan fingerprint density at radius 3 is 2.78 bits per heavy atom. The Hall–Kier alpha value is -1.85. The predicted octanol–water partition coefficient (Wildman–Crippen LogP) is 2.24. The van der Waals surface area contributed by atoms with E-state index in [4.69, 9.17) is 18.9 Å². The summed E-state index contributed by atoms with van der Waals surface area (Å²) < 4.78 is 22.3. The standard InChI is InChI=1S/C18H20O5/c1-20-13-4-2-12(3-5-13)11-22-14-6-7-16-18(10-15(14)23-16)8-9-21-17(18)19/h2-7,14-16H,8-11H2,1H3/t14-,15?,16+,18-/m0/s1. The zero-order chi connectivity index (χ0) is 15.9. The quantitative estimate of drug-likeness (QED) is 0.630. The fraction of sp³-hybridized carbons (Fsp3) is 0.500. The molecule has 4 atom stereocenters. The monoisotopic (exact) mass is 316 g/mol. The van der Waals surface area contributed by atoms with Crippen molar-refractivity contribution in [3.8, 4) is 5.75 Å². The topological polar surface area (TPSA) is 54.0 Å². The molecule has 5 nitrogen and oxygen atoms in total. The van der Waals surface area contributed by atoms with E-state index in [1.165, 1.54) is 0 Å². The summed E-state index contributed by atoms with van der Waals surface area (Å²) in [5.41, 5.74) is 0.591. The second-order valence-corrected chi connectivity index (χ2v) is 6.35. The molecule has 1 spiro atoms. The van der Waals surface area contributed by atoms with Gasteiger partial charge in [0.15, 0.2) is 0 Å². The van der Waals surface area contributed by atoms with Crippen molar-refractivity contribution in [2.75, 3.05) is 13.7 Å². The molecule has 1 unspecified atom stereocenters. The van der Waals surface area contributed by atoms with Crippen LogP contribution in [-0.4, -0.2) is 38.0 Å². The number of benzene rings is 1. The number of hydrogen-bond acceptors (Lipinski definition) is 5. The number of ether oxygens (including phenoxy) is 4. The minimum Gasteiger partial charge on any atom is -0.497 e. The van der Waals surface area contributed by atoms with Crippen LogP contribution in [0.25, 0.3) is 0 Å². The molecule has 4 rings (SSSR count). The lowest BCUT2D eigenvalue weighted by Crippen LogP contribution is -2.34. The van der Waals surface area contributed by atoms with Crippen molar-refractivity contribution in [3.05, 3.63) is 42.0 Å². The molecule has 5 heteroatoms. The van der Waals surface area contributed by atoms with Gasteiger partial charge in [0.05, 0.1) is 32.5 Å². The number of carbonyl (C=O) groups excluding carboxylic acids is 1. The van der Waals surface area contributed by atoms with Gasteiger partial charge in [0.2, 0.25) is 0 Å². The van der Waals surface area contributed by atoms with E-state index in [1.807, 2.05) is 36.4 Å². The van der Waals surface area contributed by atoms with Crippen LogP contribution < -0.4 is 4.74 Å². The summed E-state index contributed by atoms with van der Waals surface area (Å²) >= 11 is 0. The molecular weight excluding hydrogens is 296 g/mol. The third-order valence-electron chi connectivity index (χ3n) is 5.06. The highest BCUT2D eigenvalue weighted by atomic mass is 16.6. The molecule has 2 saturated heterocycles. The van der Waals surface area contributed by atoms with Crippen LogP contribution in [0.1, 0.15) is 18.4 Å². The van der Waals surface area contributed by atoms with E-state index in [9.17, 15) is 4.79 Å². The lowest BCUT2D eigenvalue weighted by atomic mass is 9.79. The van der Waals surface area contributed by atoms with Crippen LogP contribution in [0.15, 0.2) is 36.4 Å². The molecule has 23 heavy (non-hydrogen) atoms. The molecule has 1 aromatic carbocycles. The summed E-state index contributed by atoms with van der Waals surface area (Å²) in [7, 11) is 1.65. The van der Waals surface area contributed by atoms with Crippen LogP contribution in [0.3, 0.4) is 0 Å². The second kappa shape index (κ2) is 5.65. The number of methoxy groups -OCH3 is 1. The highest BCUT2D eigenvalue weighted by Crippen LogP contribution is 2.49. The van der Waals surface area contributed by atoms with E-state index in [0.717, 1.165) is 17.7 Å². The molecule has 0 amide bonds. The van der Waals surface area contributed by atoms with Crippen LogP contribution in [0.2, 0.25) is 0 Å². The van der Waals surface area contributed by atoms with Gasteiger partial charge in [0.25, 0.3) is 0 Å². The molecule has 1 aromatic rings. The number of hydrogen-bond donors (Lipinski definition) is 0. The predicted molar refractivity (Wildman–Crippen MR) is 82.0 cm³/mol. The van der Waals surface area contributed by atoms with Crippen molar-refractivity contribution in [2.24, 2.45) is 5.41 Å². The number of cyclic esters (lactones) is 1. The Balaban J connectivity index is 1.41. The summed E-state index contributed by atoms with van der Waals surface area (Å²) in [6, 6.07) is 7.81. The van der Waals surface area contributed by atoms with E-state index >= 15 is 0 Å². The number of esters is 1. The fourth-order valence-electron chi connectivity index (χ4n) is 3.69. The first kappa shape index (κ1) is 14.7. The zero-order valence-electron chi connectivity index (χ0n) is 13.1. The smallest absolute Gasteiger partial charge is 0.315 e. The van der Waals surface area contributed by atoms with Crippen molar-refractivity contribution in [3.63, 3.8) is 0 Å². The van der Waals surface area contributed by atoms with Crippen molar-refractivity contribution in [2.45, 2.75) is 37.8 Å². The van der Waals surface area contributed by atoms with Crippen molar-refractivity contribution in [1.82, 2.24) is 0 Å². The van der Waals surface area contributed by atoms with Gasteiger partial charge in [-0.05, 0) is 24.1 Å². The first-order valence-electron chi connectivity index (χ1n) is 7.97. The highest BCUT2D eigenvalue weighted by molar-refractivity contribution is 5.80. The molecule has 2 fully saturated rings. The van der Waals surface area contributed by atoms with Crippen LogP contribution >= 0.6 is 0 Å². The summed E-state index contributed by atoms with van der Waals surface area (Å²) in [6.45, 7) is 0.998. The summed E-state index contributed by atoms with van der Waals surface area (Å²) in [5, 5.41) is 0.